The molecule has 1 N–H and O–H groups in total. The number of fused-ring (bicyclic) bond motifs is 2. The maximum Gasteiger partial charge on any atom is 0.415 e. The van der Waals surface area contributed by atoms with Crippen molar-refractivity contribution in [1.29, 1.82) is 0 Å². The molecule has 2 aliphatic rings. The van der Waals surface area contributed by atoms with Gasteiger partial charge >= 0.3 is 12.1 Å². The van der Waals surface area contributed by atoms with E-state index < -0.39 is 0 Å². The Morgan fingerprint density at radius 2 is 1.40 bits per heavy atom. The van der Waals surface area contributed by atoms with Crippen molar-refractivity contribution in [3.8, 4) is 5.75 Å². The monoisotopic (exact) mass is 409 g/mol. The van der Waals surface area contributed by atoms with Crippen LogP contribution in [0.15, 0.2) is 36.4 Å². The first-order valence-corrected chi connectivity index (χ1v) is 10.4. The third kappa shape index (κ3) is 4.75. The number of carbonyl (C=O) groups is 2. The molecule has 0 unspecified atom stereocenters. The van der Waals surface area contributed by atoms with Gasteiger partial charge in [0.15, 0.2) is 0 Å². The zero-order chi connectivity index (χ0) is 22.0. The van der Waals surface area contributed by atoms with E-state index in [9.17, 15) is 9.59 Å². The second kappa shape index (κ2) is 8.78. The number of nitrogens with zero attached hydrogens (tertiary/aromatic N) is 2. The highest BCUT2D eigenvalue weighted by Gasteiger charge is 2.22. The van der Waals surface area contributed by atoms with Crippen LogP contribution in [-0.2, 0) is 13.1 Å². The SMILES string of the molecule is CC(C)c1ccc2c(c1)CN(C)C(=O)N2.CC(C)c1ccc2c(c1)CN(C)C(=O)O2. The summed E-state index contributed by atoms with van der Waals surface area (Å²) in [4.78, 5) is 25.9. The largest absolute Gasteiger partial charge is 0.415 e. The molecular formula is C24H31N3O3. The van der Waals surface area contributed by atoms with Crippen LogP contribution in [0.3, 0.4) is 0 Å². The van der Waals surface area contributed by atoms with Gasteiger partial charge in [-0.25, -0.2) is 9.59 Å². The molecule has 0 saturated carbocycles. The Morgan fingerprint density at radius 3 is 2.03 bits per heavy atom. The molecule has 30 heavy (non-hydrogen) atoms. The van der Waals surface area contributed by atoms with E-state index in [4.69, 9.17) is 4.74 Å². The van der Waals surface area contributed by atoms with Gasteiger partial charge in [0.2, 0.25) is 0 Å². The smallest absolute Gasteiger partial charge is 0.410 e. The molecule has 0 bridgehead atoms. The topological polar surface area (TPSA) is 61.9 Å². The van der Waals surface area contributed by atoms with E-state index in [1.807, 2.05) is 18.2 Å². The highest BCUT2D eigenvalue weighted by Crippen LogP contribution is 2.29. The average molecular weight is 410 g/mol. The fourth-order valence-electron chi connectivity index (χ4n) is 3.44. The molecule has 6 nitrogen and oxygen atoms in total. The first kappa shape index (κ1) is 21.7. The summed E-state index contributed by atoms with van der Waals surface area (Å²) in [6.07, 6.45) is -0.278. The zero-order valence-electron chi connectivity index (χ0n) is 18.7. The summed E-state index contributed by atoms with van der Waals surface area (Å²) >= 11 is 0. The maximum absolute atomic E-state index is 11.4. The maximum atomic E-state index is 11.4. The molecule has 0 spiro atoms. The van der Waals surface area contributed by atoms with Crippen molar-refractivity contribution in [3.05, 3.63) is 58.7 Å². The van der Waals surface area contributed by atoms with Gasteiger partial charge in [0.05, 0.1) is 6.54 Å². The lowest BCUT2D eigenvalue weighted by atomic mass is 9.99. The molecule has 0 radical (unpaired) electrons. The summed E-state index contributed by atoms with van der Waals surface area (Å²) in [5.74, 6) is 1.72. The first-order chi connectivity index (χ1) is 14.2. The third-order valence-corrected chi connectivity index (χ3v) is 5.46. The van der Waals surface area contributed by atoms with Gasteiger partial charge in [-0.1, -0.05) is 52.0 Å². The number of anilines is 1. The van der Waals surface area contributed by atoms with Crippen molar-refractivity contribution >= 4 is 17.8 Å². The number of amides is 3. The predicted molar refractivity (Wildman–Crippen MR) is 119 cm³/mol. The molecule has 2 aromatic rings. The summed E-state index contributed by atoms with van der Waals surface area (Å²) in [5, 5.41) is 2.86. The molecule has 4 rings (SSSR count). The summed E-state index contributed by atoms with van der Waals surface area (Å²) in [6.45, 7) is 9.98. The minimum Gasteiger partial charge on any atom is -0.410 e. The third-order valence-electron chi connectivity index (χ3n) is 5.46. The van der Waals surface area contributed by atoms with Crippen molar-refractivity contribution in [2.75, 3.05) is 19.4 Å². The Bertz CT molecular complexity index is 875. The fourth-order valence-corrected chi connectivity index (χ4v) is 3.44. The van der Waals surface area contributed by atoms with Gasteiger partial charge in [0, 0.05) is 31.9 Å². The molecule has 0 aliphatic carbocycles. The summed E-state index contributed by atoms with van der Waals surface area (Å²) < 4.78 is 5.17. The van der Waals surface area contributed by atoms with E-state index in [0.717, 1.165) is 11.3 Å². The molecule has 0 aromatic heterocycles. The van der Waals surface area contributed by atoms with Crippen LogP contribution >= 0.6 is 0 Å². The number of rotatable bonds is 2. The lowest BCUT2D eigenvalue weighted by Gasteiger charge is -2.26. The first-order valence-electron chi connectivity index (χ1n) is 10.4. The second-order valence-corrected chi connectivity index (χ2v) is 8.60. The molecule has 2 aromatic carbocycles. The molecular weight excluding hydrogens is 378 g/mol. The molecule has 0 fully saturated rings. The van der Waals surface area contributed by atoms with Gasteiger partial charge in [-0.15, -0.1) is 0 Å². The fraction of sp³-hybridized carbons (Fsp3) is 0.417. The van der Waals surface area contributed by atoms with Crippen LogP contribution in [-0.4, -0.2) is 36.0 Å². The quantitative estimate of drug-likeness (QED) is 0.708. The van der Waals surface area contributed by atoms with Crippen LogP contribution in [0.1, 0.15) is 61.8 Å². The van der Waals surface area contributed by atoms with Crippen molar-refractivity contribution in [2.45, 2.75) is 52.6 Å². The Labute approximate surface area is 178 Å². The minimum atomic E-state index is -0.278. The average Bonchev–Trinajstić information content (AvgIpc) is 2.69. The Hall–Kier alpha value is -3.02. The van der Waals surface area contributed by atoms with Crippen molar-refractivity contribution < 1.29 is 14.3 Å². The highest BCUT2D eigenvalue weighted by atomic mass is 16.6. The van der Waals surface area contributed by atoms with Gasteiger partial charge in [0.1, 0.15) is 5.75 Å². The number of ether oxygens (including phenoxy) is 1. The number of hydrogen-bond acceptors (Lipinski definition) is 3. The number of benzene rings is 2. The number of carbonyl (C=O) groups excluding carboxylic acids is 2. The Kier molecular flexibility index (Phi) is 6.34. The summed E-state index contributed by atoms with van der Waals surface area (Å²) in [7, 11) is 3.55. The Morgan fingerprint density at radius 1 is 0.833 bits per heavy atom. The lowest BCUT2D eigenvalue weighted by molar-refractivity contribution is 0.150. The van der Waals surface area contributed by atoms with Gasteiger partial charge in [-0.3, -0.25) is 0 Å². The number of hydrogen-bond donors (Lipinski definition) is 1. The van der Waals surface area contributed by atoms with E-state index in [2.05, 4.69) is 51.2 Å². The van der Waals surface area contributed by atoms with E-state index in [0.29, 0.717) is 30.7 Å². The van der Waals surface area contributed by atoms with Crippen LogP contribution in [0.2, 0.25) is 0 Å². The van der Waals surface area contributed by atoms with Crippen LogP contribution < -0.4 is 10.1 Å². The van der Waals surface area contributed by atoms with Gasteiger partial charge in [-0.05, 0) is 40.7 Å². The van der Waals surface area contributed by atoms with Crippen LogP contribution in [0.5, 0.6) is 5.75 Å². The van der Waals surface area contributed by atoms with E-state index in [1.54, 1.807) is 23.9 Å². The van der Waals surface area contributed by atoms with E-state index in [-0.39, 0.29) is 12.1 Å². The van der Waals surface area contributed by atoms with Crippen LogP contribution in [0, 0.1) is 0 Å². The van der Waals surface area contributed by atoms with Gasteiger partial charge in [0.25, 0.3) is 0 Å². The molecule has 0 saturated heterocycles. The molecule has 160 valence electrons. The number of urea groups is 1. The highest BCUT2D eigenvalue weighted by molar-refractivity contribution is 5.92. The molecule has 6 heteroatoms. The van der Waals surface area contributed by atoms with Crippen molar-refractivity contribution in [2.24, 2.45) is 0 Å². The lowest BCUT2D eigenvalue weighted by Crippen LogP contribution is -2.35. The van der Waals surface area contributed by atoms with Crippen LogP contribution in [0.25, 0.3) is 0 Å². The van der Waals surface area contributed by atoms with E-state index >= 15 is 0 Å². The minimum absolute atomic E-state index is 0.0280. The molecule has 2 heterocycles. The standard InChI is InChI=1S/C12H16N2O.C12H15NO2/c1-8(2)9-4-5-11-10(6-9)7-14(3)12(15)13-11;1-8(2)9-4-5-11-10(6-9)7-13(3)12(14)15-11/h4-6,8H,7H2,1-3H3,(H,13,15);4-6,8H,7H2,1-3H3. The van der Waals surface area contributed by atoms with Gasteiger partial charge < -0.3 is 19.9 Å². The van der Waals surface area contributed by atoms with Gasteiger partial charge in [-0.2, -0.15) is 0 Å². The van der Waals surface area contributed by atoms with Crippen molar-refractivity contribution in [3.63, 3.8) is 0 Å². The zero-order valence-corrected chi connectivity index (χ0v) is 18.7. The summed E-state index contributed by atoms with van der Waals surface area (Å²) in [6, 6.07) is 12.2. The van der Waals surface area contributed by atoms with Crippen LogP contribution in [0.4, 0.5) is 15.3 Å². The van der Waals surface area contributed by atoms with Crippen molar-refractivity contribution in [1.82, 2.24) is 9.80 Å². The normalized spacial score (nSPS) is 15.2. The predicted octanol–water partition coefficient (Wildman–Crippen LogP) is 5.54. The van der Waals surface area contributed by atoms with E-state index in [1.165, 1.54) is 16.7 Å². The second-order valence-electron chi connectivity index (χ2n) is 8.60. The molecule has 0 atom stereocenters. The molecule has 3 amide bonds. The summed E-state index contributed by atoms with van der Waals surface area (Å²) in [5.41, 5.74) is 5.83. The Balaban J connectivity index is 0.000000171. The molecule has 2 aliphatic heterocycles. The number of nitrogens with one attached hydrogen (secondary N) is 1.